The number of aryl methyl sites for hydroxylation is 1. The average Bonchev–Trinajstić information content (AvgIpc) is 2.59. The van der Waals surface area contributed by atoms with E-state index in [2.05, 4.69) is 10.4 Å². The topological polar surface area (TPSA) is 56.2 Å². The highest BCUT2D eigenvalue weighted by molar-refractivity contribution is 5.67. The Kier molecular flexibility index (Phi) is 3.93. The van der Waals surface area contributed by atoms with Crippen molar-refractivity contribution in [2.24, 2.45) is 0 Å². The molecule has 0 aliphatic rings. The number of alkyl carbamates (subject to hydrolysis) is 1. The quantitative estimate of drug-likeness (QED) is 0.855. The van der Waals surface area contributed by atoms with E-state index >= 15 is 0 Å². The molecular weight excluding hydrogens is 206 g/mol. The number of hydrogen-bond acceptors (Lipinski definition) is 3. The lowest BCUT2D eigenvalue weighted by atomic mass is 10.2. The fourth-order valence-electron chi connectivity index (χ4n) is 1.16. The predicted octanol–water partition coefficient (Wildman–Crippen LogP) is 1.93. The van der Waals surface area contributed by atoms with E-state index in [-0.39, 0.29) is 0 Å². The van der Waals surface area contributed by atoms with E-state index in [1.54, 1.807) is 6.20 Å². The molecule has 1 aromatic rings. The molecule has 0 bridgehead atoms. The van der Waals surface area contributed by atoms with E-state index in [1.807, 2.05) is 38.6 Å². The molecule has 1 N–H and O–H groups in total. The van der Waals surface area contributed by atoms with Gasteiger partial charge in [0.05, 0.1) is 6.20 Å². The van der Waals surface area contributed by atoms with Gasteiger partial charge in [-0.25, -0.2) is 4.79 Å². The van der Waals surface area contributed by atoms with Crippen LogP contribution in [0.15, 0.2) is 12.4 Å². The smallest absolute Gasteiger partial charge is 0.407 e. The Morgan fingerprint density at radius 3 is 2.75 bits per heavy atom. The molecule has 0 fully saturated rings. The third kappa shape index (κ3) is 4.33. The van der Waals surface area contributed by atoms with Crippen LogP contribution in [0, 0.1) is 0 Å². The lowest BCUT2D eigenvalue weighted by Gasteiger charge is -2.19. The van der Waals surface area contributed by atoms with Crippen molar-refractivity contribution in [2.45, 2.75) is 46.4 Å². The Bertz CT molecular complexity index is 352. The largest absolute Gasteiger partial charge is 0.444 e. The number of rotatable bonds is 3. The van der Waals surface area contributed by atoms with Gasteiger partial charge in [-0.15, -0.1) is 0 Å². The number of nitrogens with one attached hydrogen (secondary N) is 1. The molecule has 1 heterocycles. The van der Waals surface area contributed by atoms with Crippen LogP contribution in [0.1, 0.15) is 33.3 Å². The van der Waals surface area contributed by atoms with E-state index in [4.69, 9.17) is 4.74 Å². The van der Waals surface area contributed by atoms with Gasteiger partial charge in [0.25, 0.3) is 0 Å². The molecule has 0 atom stereocenters. The maximum Gasteiger partial charge on any atom is 0.407 e. The Hall–Kier alpha value is -1.52. The standard InChI is InChI=1S/C11H19N3O2/c1-5-14-8-9(7-13-14)6-12-10(15)16-11(2,3)4/h7-8H,5-6H2,1-4H3,(H,12,15). The molecule has 1 aromatic heterocycles. The summed E-state index contributed by atoms with van der Waals surface area (Å²) in [6, 6.07) is 0. The van der Waals surface area contributed by atoms with E-state index in [0.717, 1.165) is 12.1 Å². The van der Waals surface area contributed by atoms with Gasteiger partial charge >= 0.3 is 6.09 Å². The molecule has 1 amide bonds. The summed E-state index contributed by atoms with van der Waals surface area (Å²) in [7, 11) is 0. The van der Waals surface area contributed by atoms with Crippen LogP contribution < -0.4 is 5.32 Å². The highest BCUT2D eigenvalue weighted by Gasteiger charge is 2.15. The van der Waals surface area contributed by atoms with Gasteiger partial charge in [-0.05, 0) is 27.7 Å². The first-order chi connectivity index (χ1) is 7.40. The van der Waals surface area contributed by atoms with Gasteiger partial charge in [0.1, 0.15) is 5.60 Å². The Labute approximate surface area is 95.8 Å². The second-order valence-electron chi connectivity index (χ2n) is 4.56. The predicted molar refractivity (Wildman–Crippen MR) is 61.0 cm³/mol. The number of ether oxygens (including phenoxy) is 1. The van der Waals surface area contributed by atoms with Gasteiger partial charge in [0.2, 0.25) is 0 Å². The molecule has 0 radical (unpaired) electrons. The lowest BCUT2D eigenvalue weighted by molar-refractivity contribution is 0.0523. The van der Waals surface area contributed by atoms with Crippen molar-refractivity contribution in [1.82, 2.24) is 15.1 Å². The molecule has 0 spiro atoms. The van der Waals surface area contributed by atoms with Gasteiger partial charge in [-0.3, -0.25) is 4.68 Å². The van der Waals surface area contributed by atoms with Crippen LogP contribution in [0.3, 0.4) is 0 Å². The van der Waals surface area contributed by atoms with Crippen LogP contribution >= 0.6 is 0 Å². The summed E-state index contributed by atoms with van der Waals surface area (Å²) in [4.78, 5) is 11.3. The molecule has 90 valence electrons. The minimum Gasteiger partial charge on any atom is -0.444 e. The summed E-state index contributed by atoms with van der Waals surface area (Å²) < 4.78 is 6.93. The van der Waals surface area contributed by atoms with E-state index < -0.39 is 11.7 Å². The molecule has 0 saturated carbocycles. The summed E-state index contributed by atoms with van der Waals surface area (Å²) in [5.41, 5.74) is 0.505. The zero-order valence-corrected chi connectivity index (χ0v) is 10.3. The molecule has 0 aliphatic carbocycles. The van der Waals surface area contributed by atoms with Crippen molar-refractivity contribution in [1.29, 1.82) is 0 Å². The Morgan fingerprint density at radius 1 is 1.56 bits per heavy atom. The Balaban J connectivity index is 2.37. The number of hydrogen-bond donors (Lipinski definition) is 1. The van der Waals surface area contributed by atoms with Crippen LogP contribution in [0.5, 0.6) is 0 Å². The zero-order valence-electron chi connectivity index (χ0n) is 10.3. The normalized spacial score (nSPS) is 11.2. The molecule has 5 heteroatoms. The molecular formula is C11H19N3O2. The van der Waals surface area contributed by atoms with Crippen molar-refractivity contribution in [2.75, 3.05) is 0 Å². The van der Waals surface area contributed by atoms with Gasteiger partial charge in [0.15, 0.2) is 0 Å². The molecule has 0 aromatic carbocycles. The lowest BCUT2D eigenvalue weighted by Crippen LogP contribution is -2.32. The highest BCUT2D eigenvalue weighted by Crippen LogP contribution is 2.06. The van der Waals surface area contributed by atoms with E-state index in [0.29, 0.717) is 6.54 Å². The molecule has 0 unspecified atom stereocenters. The molecule has 16 heavy (non-hydrogen) atoms. The Morgan fingerprint density at radius 2 is 2.25 bits per heavy atom. The third-order valence-corrected chi connectivity index (χ3v) is 1.85. The minimum atomic E-state index is -0.461. The number of carbonyl (C=O) groups excluding carboxylic acids is 1. The van der Waals surface area contributed by atoms with Gasteiger partial charge in [0, 0.05) is 24.8 Å². The van der Waals surface area contributed by atoms with Crippen molar-refractivity contribution >= 4 is 6.09 Å². The van der Waals surface area contributed by atoms with Gasteiger partial charge < -0.3 is 10.1 Å². The summed E-state index contributed by atoms with van der Waals surface area (Å²) >= 11 is 0. The zero-order chi connectivity index (χ0) is 12.2. The van der Waals surface area contributed by atoms with Crippen LogP contribution in [-0.4, -0.2) is 21.5 Å². The monoisotopic (exact) mass is 225 g/mol. The van der Waals surface area contributed by atoms with E-state index in [9.17, 15) is 4.79 Å². The number of carbonyl (C=O) groups is 1. The maximum atomic E-state index is 11.3. The summed E-state index contributed by atoms with van der Waals surface area (Å²) in [5, 5.41) is 6.79. The van der Waals surface area contributed by atoms with Crippen LogP contribution in [0.4, 0.5) is 4.79 Å². The third-order valence-electron chi connectivity index (χ3n) is 1.85. The fraction of sp³-hybridized carbons (Fsp3) is 0.636. The highest BCUT2D eigenvalue weighted by atomic mass is 16.6. The number of aromatic nitrogens is 2. The summed E-state index contributed by atoms with van der Waals surface area (Å²) in [5.74, 6) is 0. The molecule has 5 nitrogen and oxygen atoms in total. The first kappa shape index (κ1) is 12.5. The van der Waals surface area contributed by atoms with Crippen LogP contribution in [0.25, 0.3) is 0 Å². The first-order valence-corrected chi connectivity index (χ1v) is 5.39. The summed E-state index contributed by atoms with van der Waals surface area (Å²) in [6.45, 7) is 8.78. The average molecular weight is 225 g/mol. The second-order valence-corrected chi connectivity index (χ2v) is 4.56. The molecule has 1 rings (SSSR count). The molecule has 0 saturated heterocycles. The van der Waals surface area contributed by atoms with Crippen LogP contribution in [-0.2, 0) is 17.8 Å². The van der Waals surface area contributed by atoms with Crippen molar-refractivity contribution in [3.8, 4) is 0 Å². The number of amides is 1. The van der Waals surface area contributed by atoms with Gasteiger partial charge in [-0.1, -0.05) is 0 Å². The summed E-state index contributed by atoms with van der Waals surface area (Å²) in [6.07, 6.45) is 3.23. The van der Waals surface area contributed by atoms with Crippen molar-refractivity contribution in [3.05, 3.63) is 18.0 Å². The first-order valence-electron chi connectivity index (χ1n) is 5.39. The second kappa shape index (κ2) is 5.01. The van der Waals surface area contributed by atoms with Crippen molar-refractivity contribution < 1.29 is 9.53 Å². The maximum absolute atomic E-state index is 11.3. The molecule has 0 aliphatic heterocycles. The minimum absolute atomic E-state index is 0.406. The number of nitrogens with zero attached hydrogens (tertiary/aromatic N) is 2. The van der Waals surface area contributed by atoms with Crippen LogP contribution in [0.2, 0.25) is 0 Å². The van der Waals surface area contributed by atoms with Gasteiger partial charge in [-0.2, -0.15) is 5.10 Å². The van der Waals surface area contributed by atoms with E-state index in [1.165, 1.54) is 0 Å². The SMILES string of the molecule is CCn1cc(CNC(=O)OC(C)(C)C)cn1. The fourth-order valence-corrected chi connectivity index (χ4v) is 1.16. The van der Waals surface area contributed by atoms with Crippen molar-refractivity contribution in [3.63, 3.8) is 0 Å².